The van der Waals surface area contributed by atoms with Gasteiger partial charge in [-0.05, 0) is 47.8 Å². The Balaban J connectivity index is 2.11. The van der Waals surface area contributed by atoms with Crippen LogP contribution in [0.5, 0.6) is 0 Å². The van der Waals surface area contributed by atoms with Crippen LogP contribution in [0.3, 0.4) is 0 Å². The van der Waals surface area contributed by atoms with Gasteiger partial charge >= 0.3 is 0 Å². The minimum absolute atomic E-state index is 0.403. The predicted octanol–water partition coefficient (Wildman–Crippen LogP) is 5.81. The van der Waals surface area contributed by atoms with Gasteiger partial charge in [-0.3, -0.25) is 0 Å². The maximum atomic E-state index is 3.78. The summed E-state index contributed by atoms with van der Waals surface area (Å²) < 4.78 is 1.21. The van der Waals surface area contributed by atoms with Crippen LogP contribution in [-0.2, 0) is 6.42 Å². The SMILES string of the molecule is Cc1ccc(CC(Br)c2cc(Br)c(C)s2)cc1. The Hall–Kier alpha value is -0.120. The van der Waals surface area contributed by atoms with E-state index in [1.54, 1.807) is 0 Å². The average molecular weight is 374 g/mol. The van der Waals surface area contributed by atoms with E-state index in [2.05, 4.69) is 76.0 Å². The first-order valence-electron chi connectivity index (χ1n) is 5.51. The summed E-state index contributed by atoms with van der Waals surface area (Å²) >= 11 is 9.20. The summed E-state index contributed by atoms with van der Waals surface area (Å²) in [5, 5.41) is 0. The predicted molar refractivity (Wildman–Crippen MR) is 83.3 cm³/mol. The summed E-state index contributed by atoms with van der Waals surface area (Å²) in [4.78, 5) is 3.13. The van der Waals surface area contributed by atoms with E-state index >= 15 is 0 Å². The van der Waals surface area contributed by atoms with E-state index in [0.29, 0.717) is 4.83 Å². The molecule has 0 bridgehead atoms. The highest BCUT2D eigenvalue weighted by Crippen LogP contribution is 2.36. The van der Waals surface area contributed by atoms with E-state index in [9.17, 15) is 0 Å². The van der Waals surface area contributed by atoms with Gasteiger partial charge in [0, 0.05) is 14.2 Å². The quantitative estimate of drug-likeness (QED) is 0.596. The summed E-state index contributed by atoms with van der Waals surface area (Å²) in [6, 6.07) is 11.0. The highest BCUT2D eigenvalue weighted by molar-refractivity contribution is 9.10. The maximum absolute atomic E-state index is 3.78. The standard InChI is InChI=1S/C14H14Br2S/c1-9-3-5-11(6-4-9)7-13(16)14-8-12(15)10(2)17-14/h3-6,8,13H,7H2,1-2H3. The molecule has 1 unspecified atom stereocenters. The summed E-state index contributed by atoms with van der Waals surface area (Å²) in [6.07, 6.45) is 1.03. The van der Waals surface area contributed by atoms with Gasteiger partial charge < -0.3 is 0 Å². The zero-order chi connectivity index (χ0) is 12.4. The molecular weight excluding hydrogens is 360 g/mol. The molecule has 0 spiro atoms. The van der Waals surface area contributed by atoms with E-state index in [4.69, 9.17) is 0 Å². The van der Waals surface area contributed by atoms with Crippen molar-refractivity contribution in [3.63, 3.8) is 0 Å². The smallest absolute Gasteiger partial charge is 0.0529 e. The van der Waals surface area contributed by atoms with E-state index in [-0.39, 0.29) is 0 Å². The van der Waals surface area contributed by atoms with Gasteiger partial charge in [-0.25, -0.2) is 0 Å². The molecule has 17 heavy (non-hydrogen) atoms. The second-order valence-corrected chi connectivity index (χ2v) is 7.46. The number of alkyl halides is 1. The highest BCUT2D eigenvalue weighted by Gasteiger charge is 2.12. The summed E-state index contributed by atoms with van der Waals surface area (Å²) in [5.74, 6) is 0. The molecule has 3 heteroatoms. The molecule has 0 saturated heterocycles. The lowest BCUT2D eigenvalue weighted by molar-refractivity contribution is 0.968. The van der Waals surface area contributed by atoms with Crippen molar-refractivity contribution in [2.24, 2.45) is 0 Å². The van der Waals surface area contributed by atoms with Gasteiger partial charge in [0.1, 0.15) is 0 Å². The van der Waals surface area contributed by atoms with Crippen LogP contribution in [0.25, 0.3) is 0 Å². The lowest BCUT2D eigenvalue weighted by Gasteiger charge is -2.07. The molecular formula is C14H14Br2S. The largest absolute Gasteiger partial charge is 0.143 e. The zero-order valence-corrected chi connectivity index (χ0v) is 13.8. The topological polar surface area (TPSA) is 0 Å². The van der Waals surface area contributed by atoms with Gasteiger partial charge in [-0.1, -0.05) is 45.8 Å². The van der Waals surface area contributed by atoms with Gasteiger partial charge in [0.05, 0.1) is 4.83 Å². The summed E-state index contributed by atoms with van der Waals surface area (Å²) in [6.45, 7) is 4.26. The van der Waals surface area contributed by atoms with Crippen molar-refractivity contribution in [2.75, 3.05) is 0 Å². The molecule has 0 aliphatic rings. The molecule has 90 valence electrons. The van der Waals surface area contributed by atoms with Crippen molar-refractivity contribution in [2.45, 2.75) is 25.1 Å². The number of rotatable bonds is 3. The van der Waals surface area contributed by atoms with Crippen LogP contribution in [0, 0.1) is 13.8 Å². The normalized spacial score (nSPS) is 12.7. The molecule has 1 aromatic heterocycles. The van der Waals surface area contributed by atoms with Gasteiger partial charge in [0.2, 0.25) is 0 Å². The molecule has 1 heterocycles. The fourth-order valence-electron chi connectivity index (χ4n) is 1.67. The van der Waals surface area contributed by atoms with Crippen LogP contribution in [0.1, 0.15) is 25.7 Å². The molecule has 0 radical (unpaired) electrons. The number of hydrogen-bond acceptors (Lipinski definition) is 1. The highest BCUT2D eigenvalue weighted by atomic mass is 79.9. The van der Waals surface area contributed by atoms with Crippen molar-refractivity contribution in [1.29, 1.82) is 0 Å². The van der Waals surface area contributed by atoms with Crippen LogP contribution in [-0.4, -0.2) is 0 Å². The minimum atomic E-state index is 0.403. The Morgan fingerprint density at radius 1 is 1.18 bits per heavy atom. The van der Waals surface area contributed by atoms with Gasteiger partial charge in [-0.15, -0.1) is 11.3 Å². The molecule has 0 N–H and O–H groups in total. The van der Waals surface area contributed by atoms with E-state index in [1.165, 1.54) is 25.4 Å². The number of hydrogen-bond donors (Lipinski definition) is 0. The van der Waals surface area contributed by atoms with Crippen molar-refractivity contribution < 1.29 is 0 Å². The first kappa shape index (κ1) is 13.3. The monoisotopic (exact) mass is 372 g/mol. The van der Waals surface area contributed by atoms with Crippen LogP contribution in [0.2, 0.25) is 0 Å². The Kier molecular flexibility index (Phi) is 4.45. The van der Waals surface area contributed by atoms with Crippen molar-refractivity contribution in [3.8, 4) is 0 Å². The first-order valence-corrected chi connectivity index (χ1v) is 8.04. The molecule has 0 aliphatic heterocycles. The number of aryl methyl sites for hydroxylation is 2. The van der Waals surface area contributed by atoms with E-state index in [0.717, 1.165) is 6.42 Å². The van der Waals surface area contributed by atoms with Crippen LogP contribution in [0.4, 0.5) is 0 Å². The molecule has 0 amide bonds. The Morgan fingerprint density at radius 2 is 1.82 bits per heavy atom. The minimum Gasteiger partial charge on any atom is -0.143 e. The van der Waals surface area contributed by atoms with E-state index < -0.39 is 0 Å². The molecule has 0 saturated carbocycles. The summed E-state index contributed by atoms with van der Waals surface area (Å²) in [5.41, 5.74) is 2.69. The molecule has 0 aliphatic carbocycles. The molecule has 1 atom stereocenters. The third-order valence-corrected chi connectivity index (χ3v) is 6.09. The number of benzene rings is 1. The second kappa shape index (κ2) is 5.68. The maximum Gasteiger partial charge on any atom is 0.0529 e. The molecule has 2 aromatic rings. The van der Waals surface area contributed by atoms with Crippen molar-refractivity contribution in [1.82, 2.24) is 0 Å². The Morgan fingerprint density at radius 3 is 2.35 bits per heavy atom. The lowest BCUT2D eigenvalue weighted by Crippen LogP contribution is -1.92. The molecule has 1 aromatic carbocycles. The molecule has 0 nitrogen and oxygen atoms in total. The first-order chi connectivity index (χ1) is 8.06. The molecule has 0 fully saturated rings. The third-order valence-electron chi connectivity index (χ3n) is 2.72. The molecule has 2 rings (SSSR count). The van der Waals surface area contributed by atoms with Crippen LogP contribution < -0.4 is 0 Å². The van der Waals surface area contributed by atoms with Crippen LogP contribution >= 0.6 is 43.2 Å². The second-order valence-electron chi connectivity index (χ2n) is 4.21. The average Bonchev–Trinajstić information content (AvgIpc) is 2.63. The van der Waals surface area contributed by atoms with E-state index in [1.807, 2.05) is 11.3 Å². The Labute approximate surface area is 123 Å². The fourth-order valence-corrected chi connectivity index (χ4v) is 3.99. The summed E-state index contributed by atoms with van der Waals surface area (Å²) in [7, 11) is 0. The van der Waals surface area contributed by atoms with Gasteiger partial charge in [0.25, 0.3) is 0 Å². The lowest BCUT2D eigenvalue weighted by atomic mass is 10.1. The van der Waals surface area contributed by atoms with Gasteiger partial charge in [-0.2, -0.15) is 0 Å². The third kappa shape index (κ3) is 3.43. The van der Waals surface area contributed by atoms with Crippen molar-refractivity contribution in [3.05, 3.63) is 55.7 Å². The van der Waals surface area contributed by atoms with Crippen molar-refractivity contribution >= 4 is 43.2 Å². The van der Waals surface area contributed by atoms with Crippen LogP contribution in [0.15, 0.2) is 34.8 Å². The number of halogens is 2. The Bertz CT molecular complexity index is 480. The fraction of sp³-hybridized carbons (Fsp3) is 0.286. The van der Waals surface area contributed by atoms with Gasteiger partial charge in [0.15, 0.2) is 0 Å². The zero-order valence-electron chi connectivity index (χ0n) is 9.84. The number of thiophene rings is 1.